The molecule has 0 spiro atoms. The fraction of sp³-hybridized carbons (Fsp3) is 0. The summed E-state index contributed by atoms with van der Waals surface area (Å²) in [7, 11) is 0. The Hall–Kier alpha value is 0.322. The molecular weight excluding hydrogens is 266 g/mol. The number of halogens is 1. The summed E-state index contributed by atoms with van der Waals surface area (Å²) in [5.41, 5.74) is 4.03. The van der Waals surface area contributed by atoms with Gasteiger partial charge in [-0.15, -0.1) is 0 Å². The van der Waals surface area contributed by atoms with Gasteiger partial charge in [0.25, 0.3) is 6.09 Å². The van der Waals surface area contributed by atoms with Crippen LogP contribution < -0.4 is 5.73 Å². The zero-order chi connectivity index (χ0) is 3.58. The van der Waals surface area contributed by atoms with E-state index in [2.05, 4.69) is 5.73 Å². The van der Waals surface area contributed by atoms with Crippen molar-refractivity contribution in [2.24, 2.45) is 5.73 Å². The molecule has 0 saturated carbocycles. The molecule has 0 aromatic rings. The molecule has 0 atom stereocenters. The molecule has 0 amide bonds. The van der Waals surface area contributed by atoms with Crippen molar-refractivity contribution >= 4 is 33.4 Å². The minimum absolute atomic E-state index is 0. The van der Waals surface area contributed by atoms with Gasteiger partial charge in [-0.25, -0.2) is 0 Å². The van der Waals surface area contributed by atoms with Crippen molar-refractivity contribution in [1.82, 2.24) is 0 Å². The predicted octanol–water partition coefficient (Wildman–Crippen LogP) is -1.07. The first-order valence-corrected chi connectivity index (χ1v) is 0.728. The summed E-state index contributed by atoms with van der Waals surface area (Å²) in [5.74, 6) is 0. The molecule has 0 unspecified atom stereocenters. The number of hydrogen-bond acceptors (Lipinski definition) is 1. The van der Waals surface area contributed by atoms with Crippen LogP contribution in [0.2, 0.25) is 0 Å². The number of rotatable bonds is 0. The Morgan fingerprint density at radius 1 is 1.80 bits per heavy atom. The van der Waals surface area contributed by atoms with Crippen LogP contribution in [0.5, 0.6) is 0 Å². The van der Waals surface area contributed by atoms with Crippen LogP contribution in [0, 0.1) is 5.41 Å². The summed E-state index contributed by atoms with van der Waals surface area (Å²) in [4.78, 5) is 0. The molecule has 0 aromatic carbocycles. The van der Waals surface area contributed by atoms with Crippen molar-refractivity contribution in [1.29, 1.82) is 5.41 Å². The van der Waals surface area contributed by atoms with E-state index in [0.29, 0.717) is 0 Å². The van der Waals surface area contributed by atoms with E-state index < -0.39 is 6.09 Å². The maximum absolute atomic E-state index is 10.4. The molecule has 3 N–H and O–H groups in total. The van der Waals surface area contributed by atoms with Crippen LogP contribution in [0.4, 0.5) is 4.39 Å². The zero-order valence-electron chi connectivity index (χ0n) is 2.66. The maximum atomic E-state index is 10.4. The van der Waals surface area contributed by atoms with Gasteiger partial charge < -0.3 is 5.73 Å². The van der Waals surface area contributed by atoms with Gasteiger partial charge in [-0.1, -0.05) is 0 Å². The Morgan fingerprint density at radius 3 is 1.80 bits per heavy atom. The van der Waals surface area contributed by atoms with E-state index in [1.54, 1.807) is 0 Å². The van der Waals surface area contributed by atoms with Crippen LogP contribution in [-0.2, 0) is 0 Å². The second-order valence-electron chi connectivity index (χ2n) is 0.348. The third kappa shape index (κ3) is 225. The number of hydrogen-bond donors (Lipinski definition) is 2. The molecule has 5 heavy (non-hydrogen) atoms. The van der Waals surface area contributed by atoms with Gasteiger partial charge in [0, 0.05) is 0 Å². The van der Waals surface area contributed by atoms with Crippen molar-refractivity contribution in [2.45, 2.75) is 0 Å². The number of nitrogens with two attached hydrogens (primary N) is 1. The van der Waals surface area contributed by atoms with Gasteiger partial charge in [-0.3, -0.25) is 5.41 Å². The Kier molecular flexibility index (Phi) is 7.79. The minimum atomic E-state index is -1.33. The molecule has 30 valence electrons. The predicted molar refractivity (Wildman–Crippen MR) is 21.6 cm³/mol. The monoisotopic (exact) mass is 272 g/mol. The molecule has 0 rings (SSSR count). The van der Waals surface area contributed by atoms with Crippen molar-refractivity contribution in [3.63, 3.8) is 0 Å². The van der Waals surface area contributed by atoms with Gasteiger partial charge in [0.05, 0.1) is 0 Å². The average molecular weight is 271 g/mol. The standard InChI is InChI=1S/CH3FN2.Pb.2H/c2-1(3)4;;;/h(H3,3,4);;;. The van der Waals surface area contributed by atoms with Gasteiger partial charge >= 0.3 is 27.3 Å². The molecule has 0 fully saturated rings. The molecule has 4 heteroatoms. The molecule has 0 saturated heterocycles. The topological polar surface area (TPSA) is 49.9 Å². The van der Waals surface area contributed by atoms with E-state index in [0.717, 1.165) is 0 Å². The average Bonchev–Trinajstić information content (AvgIpc) is 0.811. The summed E-state index contributed by atoms with van der Waals surface area (Å²) < 4.78 is 10.4. The number of nitrogens with one attached hydrogen (secondary N) is 1. The van der Waals surface area contributed by atoms with Gasteiger partial charge in [-0.05, 0) is 0 Å². The fourth-order valence-corrected chi connectivity index (χ4v) is 0. The van der Waals surface area contributed by atoms with Crippen molar-refractivity contribution < 1.29 is 4.39 Å². The van der Waals surface area contributed by atoms with Crippen molar-refractivity contribution in [2.75, 3.05) is 0 Å². The third-order valence-corrected chi connectivity index (χ3v) is 0. The van der Waals surface area contributed by atoms with Crippen LogP contribution >= 0.6 is 0 Å². The molecule has 0 aliphatic rings. The summed E-state index contributed by atoms with van der Waals surface area (Å²) >= 11 is 0. The van der Waals surface area contributed by atoms with Gasteiger partial charge in [0.1, 0.15) is 0 Å². The quantitative estimate of drug-likeness (QED) is 0.251. The SMILES string of the molecule is N=C(N)F.[PbH2]. The van der Waals surface area contributed by atoms with Gasteiger partial charge in [0.2, 0.25) is 0 Å². The third-order valence-electron chi connectivity index (χ3n) is 0. The van der Waals surface area contributed by atoms with Crippen LogP contribution in [0.15, 0.2) is 0 Å². The summed E-state index contributed by atoms with van der Waals surface area (Å²) in [5, 5.41) is 5.61. The Labute approximate surface area is 49.2 Å². The zero-order valence-corrected chi connectivity index (χ0v) is 8.16. The summed E-state index contributed by atoms with van der Waals surface area (Å²) in [6.07, 6.45) is -1.33. The van der Waals surface area contributed by atoms with E-state index in [1.165, 1.54) is 0 Å². The Morgan fingerprint density at radius 2 is 1.80 bits per heavy atom. The van der Waals surface area contributed by atoms with Crippen LogP contribution in [0.1, 0.15) is 0 Å². The van der Waals surface area contributed by atoms with Crippen LogP contribution in [-0.4, -0.2) is 33.4 Å². The first kappa shape index (κ1) is 9.01. The second-order valence-corrected chi connectivity index (χ2v) is 0.348. The van der Waals surface area contributed by atoms with E-state index in [9.17, 15) is 4.39 Å². The van der Waals surface area contributed by atoms with Crippen LogP contribution in [0.3, 0.4) is 0 Å². The second kappa shape index (κ2) is 4.32. The molecule has 0 aromatic heterocycles. The molecular formula is CH5FN2Pb. The molecule has 2 radical (unpaired) electrons. The molecule has 0 aliphatic carbocycles. The van der Waals surface area contributed by atoms with Crippen LogP contribution in [0.25, 0.3) is 0 Å². The van der Waals surface area contributed by atoms with E-state index >= 15 is 0 Å². The van der Waals surface area contributed by atoms with Crippen molar-refractivity contribution in [3.8, 4) is 0 Å². The summed E-state index contributed by atoms with van der Waals surface area (Å²) in [6, 6.07) is 0. The van der Waals surface area contributed by atoms with E-state index in [1.807, 2.05) is 0 Å². The molecule has 0 aliphatic heterocycles. The fourth-order valence-electron chi connectivity index (χ4n) is 0. The Bertz CT molecular complexity index is 32.6. The Balaban J connectivity index is 0. The summed E-state index contributed by atoms with van der Waals surface area (Å²) in [6.45, 7) is 0. The van der Waals surface area contributed by atoms with Gasteiger partial charge in [0.15, 0.2) is 0 Å². The van der Waals surface area contributed by atoms with E-state index in [4.69, 9.17) is 5.41 Å². The molecule has 0 heterocycles. The number of amidine groups is 1. The van der Waals surface area contributed by atoms with E-state index in [-0.39, 0.29) is 27.3 Å². The first-order chi connectivity index (χ1) is 1.73. The normalized spacial score (nSPS) is 5.00. The molecule has 2 nitrogen and oxygen atoms in total. The molecule has 0 bridgehead atoms. The van der Waals surface area contributed by atoms with Crippen molar-refractivity contribution in [3.05, 3.63) is 0 Å². The first-order valence-electron chi connectivity index (χ1n) is 0.728. The van der Waals surface area contributed by atoms with Gasteiger partial charge in [-0.2, -0.15) is 4.39 Å².